The van der Waals surface area contributed by atoms with Crippen molar-refractivity contribution in [3.63, 3.8) is 0 Å². The van der Waals surface area contributed by atoms with Gasteiger partial charge in [-0.2, -0.15) is 0 Å². The highest BCUT2D eigenvalue weighted by Gasteiger charge is 2.27. The van der Waals surface area contributed by atoms with Crippen LogP contribution in [0.2, 0.25) is 0 Å². The van der Waals surface area contributed by atoms with Gasteiger partial charge < -0.3 is 14.7 Å². The number of piperidine rings is 1. The molecule has 4 heterocycles. The molecule has 2 atom stereocenters. The first-order valence-electron chi connectivity index (χ1n) is 12.2. The first kappa shape index (κ1) is 26.4. The van der Waals surface area contributed by atoms with E-state index in [0.29, 0.717) is 17.8 Å². The molecule has 0 bridgehead atoms. The number of nitrogens with zero attached hydrogens (tertiary/aromatic N) is 6. The van der Waals surface area contributed by atoms with Gasteiger partial charge in [0.2, 0.25) is 5.88 Å². The lowest BCUT2D eigenvalue weighted by atomic mass is 9.97. The van der Waals surface area contributed by atoms with Crippen LogP contribution in [0.4, 0.5) is 5.69 Å². The maximum atomic E-state index is 12.3. The van der Waals surface area contributed by atoms with Crippen LogP contribution in [0.3, 0.4) is 0 Å². The molecule has 1 saturated heterocycles. The molecular weight excluding hydrogens is 572 g/mol. The first-order chi connectivity index (χ1) is 18.5. The molecule has 38 heavy (non-hydrogen) atoms. The number of fused-ring (bicyclic) bond motifs is 1. The fourth-order valence-corrected chi connectivity index (χ4v) is 5.63. The van der Waals surface area contributed by atoms with E-state index in [2.05, 4.69) is 47.3 Å². The van der Waals surface area contributed by atoms with Crippen molar-refractivity contribution in [3.8, 4) is 5.88 Å². The molecule has 0 aliphatic carbocycles. The van der Waals surface area contributed by atoms with Gasteiger partial charge in [0.15, 0.2) is 17.7 Å². The van der Waals surface area contributed by atoms with Gasteiger partial charge in [-0.25, -0.2) is 0 Å². The zero-order valence-electron chi connectivity index (χ0n) is 20.7. The number of aromatic hydroxyl groups is 1. The van der Waals surface area contributed by atoms with E-state index >= 15 is 0 Å². The molecule has 12 heteroatoms. The molecule has 2 unspecified atom stereocenters. The summed E-state index contributed by atoms with van der Waals surface area (Å²) < 4.78 is 7.97. The van der Waals surface area contributed by atoms with Gasteiger partial charge in [-0.05, 0) is 49.6 Å². The number of likely N-dealkylation sites (tertiary alicyclic amines) is 1. The minimum absolute atomic E-state index is 0.0529. The van der Waals surface area contributed by atoms with Crippen LogP contribution in [-0.2, 0) is 21.0 Å². The SMILES string of the molecule is C/C(=N\OCC(=O)N=Nc1c(O)n(CN2CCCCC2c2cccnc2)c2ccc(Br)cc12)C1OC=CS1. The average molecular weight is 600 g/mol. The minimum Gasteiger partial charge on any atom is -0.493 e. The maximum absolute atomic E-state index is 12.3. The number of hydrogen-bond acceptors (Lipinski definition) is 9. The molecule has 2 aliphatic rings. The van der Waals surface area contributed by atoms with Gasteiger partial charge in [0.1, 0.15) is 5.71 Å². The Kier molecular flexibility index (Phi) is 8.40. The van der Waals surface area contributed by atoms with E-state index < -0.39 is 5.91 Å². The number of ether oxygens (including phenoxy) is 1. The molecule has 0 radical (unpaired) electrons. The van der Waals surface area contributed by atoms with Crippen molar-refractivity contribution in [2.45, 2.75) is 44.3 Å². The zero-order valence-corrected chi connectivity index (χ0v) is 23.1. The molecule has 1 N–H and O–H groups in total. The Morgan fingerprint density at radius 2 is 2.24 bits per heavy atom. The van der Waals surface area contributed by atoms with E-state index in [1.807, 2.05) is 40.4 Å². The van der Waals surface area contributed by atoms with Crippen molar-refractivity contribution in [3.05, 3.63) is 64.4 Å². The van der Waals surface area contributed by atoms with E-state index in [0.717, 1.165) is 41.4 Å². The Morgan fingerprint density at radius 1 is 1.34 bits per heavy atom. The number of benzene rings is 1. The molecule has 2 aromatic heterocycles. The molecule has 1 aromatic carbocycles. The summed E-state index contributed by atoms with van der Waals surface area (Å²) in [5, 5.41) is 25.6. The van der Waals surface area contributed by atoms with Gasteiger partial charge in [0, 0.05) is 40.2 Å². The lowest BCUT2D eigenvalue weighted by molar-refractivity contribution is -0.122. The number of carbonyl (C=O) groups is 1. The highest BCUT2D eigenvalue weighted by Crippen LogP contribution is 2.41. The maximum Gasteiger partial charge on any atom is 0.304 e. The topological polar surface area (TPSA) is 114 Å². The minimum atomic E-state index is -0.623. The van der Waals surface area contributed by atoms with Crippen molar-refractivity contribution in [1.29, 1.82) is 0 Å². The molecule has 3 aromatic rings. The molecular formula is C26H27BrN6O4S. The molecule has 10 nitrogen and oxygen atoms in total. The summed E-state index contributed by atoms with van der Waals surface area (Å²) in [4.78, 5) is 24.1. The van der Waals surface area contributed by atoms with E-state index in [1.54, 1.807) is 19.4 Å². The predicted molar refractivity (Wildman–Crippen MR) is 149 cm³/mol. The van der Waals surface area contributed by atoms with Gasteiger partial charge >= 0.3 is 5.91 Å². The smallest absolute Gasteiger partial charge is 0.304 e. The van der Waals surface area contributed by atoms with Crippen LogP contribution < -0.4 is 0 Å². The van der Waals surface area contributed by atoms with E-state index in [-0.39, 0.29) is 29.7 Å². The number of oxime groups is 1. The number of thioether (sulfide) groups is 1. The van der Waals surface area contributed by atoms with Gasteiger partial charge in [0.05, 0.1) is 18.4 Å². The van der Waals surface area contributed by atoms with Gasteiger partial charge in [-0.15, -0.1) is 10.2 Å². The number of aromatic nitrogens is 2. The Balaban J connectivity index is 1.35. The van der Waals surface area contributed by atoms with E-state index in [9.17, 15) is 9.90 Å². The standard InChI is InChI=1S/C26H27BrN6O4S/c1-17(26-36-11-12-38-26)31-37-15-23(34)29-30-24-20-13-19(27)7-8-22(20)33(25(24)35)16-32-10-3-2-6-21(32)18-5-4-9-28-14-18/h4-5,7-9,11-14,21,26,35H,2-3,6,10,15-16H2,1H3/b30-29?,31-17+. The number of amides is 1. The summed E-state index contributed by atoms with van der Waals surface area (Å²) >= 11 is 4.95. The second-order valence-corrected chi connectivity index (χ2v) is 10.9. The summed E-state index contributed by atoms with van der Waals surface area (Å²) in [6.07, 6.45) is 8.49. The zero-order chi connectivity index (χ0) is 26.5. The van der Waals surface area contributed by atoms with Crippen LogP contribution in [0.5, 0.6) is 5.88 Å². The molecule has 198 valence electrons. The van der Waals surface area contributed by atoms with Gasteiger partial charge in [0.25, 0.3) is 0 Å². The monoisotopic (exact) mass is 598 g/mol. The first-order valence-corrected chi connectivity index (χ1v) is 14.0. The van der Waals surface area contributed by atoms with Crippen LogP contribution >= 0.6 is 27.7 Å². The second kappa shape index (κ2) is 12.1. The van der Waals surface area contributed by atoms with E-state index in [4.69, 9.17) is 9.57 Å². The summed E-state index contributed by atoms with van der Waals surface area (Å²) in [7, 11) is 0. The molecule has 0 saturated carbocycles. The fourth-order valence-electron chi connectivity index (χ4n) is 4.63. The predicted octanol–water partition coefficient (Wildman–Crippen LogP) is 6.25. The van der Waals surface area contributed by atoms with Crippen molar-refractivity contribution in [1.82, 2.24) is 14.5 Å². The van der Waals surface area contributed by atoms with Crippen LogP contribution in [0.25, 0.3) is 10.9 Å². The molecule has 1 fully saturated rings. The Hall–Kier alpha value is -3.22. The van der Waals surface area contributed by atoms with Crippen LogP contribution in [0.15, 0.2) is 74.3 Å². The van der Waals surface area contributed by atoms with Crippen molar-refractivity contribution in [2.75, 3.05) is 13.2 Å². The number of halogens is 1. The van der Waals surface area contributed by atoms with Crippen LogP contribution in [-0.4, -0.2) is 49.8 Å². The summed E-state index contributed by atoms with van der Waals surface area (Å²) in [6.45, 7) is 2.72. The lowest BCUT2D eigenvalue weighted by Crippen LogP contribution is -2.34. The third-order valence-electron chi connectivity index (χ3n) is 6.44. The normalized spacial score (nSPS) is 20.3. The molecule has 1 amide bonds. The second-order valence-electron chi connectivity index (χ2n) is 8.99. The summed E-state index contributed by atoms with van der Waals surface area (Å²) in [5.41, 5.74) is 2.51. The summed E-state index contributed by atoms with van der Waals surface area (Å²) in [6, 6.07) is 9.93. The molecule has 2 aliphatic heterocycles. The average Bonchev–Trinajstić information content (AvgIpc) is 3.56. The van der Waals surface area contributed by atoms with Crippen LogP contribution in [0, 0.1) is 0 Å². The highest BCUT2D eigenvalue weighted by molar-refractivity contribution is 9.10. The number of rotatable bonds is 8. The van der Waals surface area contributed by atoms with Gasteiger partial charge in [-0.1, -0.05) is 45.3 Å². The third-order valence-corrected chi connectivity index (χ3v) is 7.90. The Bertz CT molecular complexity index is 1390. The van der Waals surface area contributed by atoms with E-state index in [1.165, 1.54) is 11.8 Å². The highest BCUT2D eigenvalue weighted by atomic mass is 79.9. The Labute approximate surface area is 232 Å². The third kappa shape index (κ3) is 5.92. The van der Waals surface area contributed by atoms with Crippen molar-refractivity contribution < 1.29 is 19.5 Å². The van der Waals surface area contributed by atoms with Crippen molar-refractivity contribution in [2.24, 2.45) is 15.4 Å². The Morgan fingerprint density at radius 3 is 3.03 bits per heavy atom. The molecule has 0 spiro atoms. The van der Waals surface area contributed by atoms with Crippen molar-refractivity contribution >= 4 is 55.9 Å². The number of hydrogen-bond donors (Lipinski definition) is 1. The molecule has 5 rings (SSSR count). The number of pyridine rings is 1. The lowest BCUT2D eigenvalue weighted by Gasteiger charge is -2.36. The van der Waals surface area contributed by atoms with Crippen LogP contribution in [0.1, 0.15) is 37.8 Å². The number of azo groups is 1. The van der Waals surface area contributed by atoms with Gasteiger partial charge in [-0.3, -0.25) is 19.2 Å². The quantitative estimate of drug-likeness (QED) is 0.185. The largest absolute Gasteiger partial charge is 0.493 e. The fraction of sp³-hybridized carbons (Fsp3) is 0.346. The summed E-state index contributed by atoms with van der Waals surface area (Å²) in [5.74, 6) is -0.675. The number of carbonyl (C=O) groups excluding carboxylic acids is 1.